The maximum atomic E-state index is 6.88. The minimum absolute atomic E-state index is 0.00856. The minimum Gasteiger partial charge on any atom is -0.0830 e. The molecule has 114 valence electrons. The summed E-state index contributed by atoms with van der Waals surface area (Å²) >= 11 is 10.4. The molecule has 0 spiro atoms. The van der Waals surface area contributed by atoms with Crippen molar-refractivity contribution in [1.82, 2.24) is 0 Å². The molecule has 2 heteroatoms. The van der Waals surface area contributed by atoms with Gasteiger partial charge in [-0.25, -0.2) is 0 Å². The number of rotatable bonds is 1. The molecule has 1 aliphatic rings. The van der Waals surface area contributed by atoms with Gasteiger partial charge in [-0.2, -0.15) is 0 Å². The van der Waals surface area contributed by atoms with Crippen LogP contribution in [0, 0.1) is 0 Å². The Bertz CT molecular complexity index is 925. The summed E-state index contributed by atoms with van der Waals surface area (Å²) in [5.41, 5.74) is 7.31. The van der Waals surface area contributed by atoms with Crippen LogP contribution in [0.3, 0.4) is 0 Å². The zero-order valence-electron chi connectivity index (χ0n) is 13.0. The van der Waals surface area contributed by atoms with Crippen molar-refractivity contribution >= 4 is 27.5 Å². The van der Waals surface area contributed by atoms with Crippen molar-refractivity contribution < 1.29 is 0 Å². The van der Waals surface area contributed by atoms with Crippen LogP contribution in [0.25, 0.3) is 22.3 Å². The first-order chi connectivity index (χ1) is 11.0. The van der Waals surface area contributed by atoms with Crippen LogP contribution in [0.2, 0.25) is 5.02 Å². The minimum atomic E-state index is -0.00856. The smallest absolute Gasteiger partial charge is 0.0565 e. The lowest BCUT2D eigenvalue weighted by molar-refractivity contribution is 0.660. The standard InChI is InChI=1S/C21H16BrCl/c1-21(2)17-9-4-3-8-16(17)19-18(21)11-10-15(20(19)23)13-6-5-7-14(22)12-13/h3-12H,1-2H3. The predicted octanol–water partition coefficient (Wildman–Crippen LogP) is 7.08. The quantitative estimate of drug-likeness (QED) is 0.421. The second kappa shape index (κ2) is 5.22. The van der Waals surface area contributed by atoms with Crippen LogP contribution in [0.5, 0.6) is 0 Å². The second-order valence-corrected chi connectivity index (χ2v) is 7.82. The van der Waals surface area contributed by atoms with E-state index in [1.54, 1.807) is 0 Å². The number of halogens is 2. The molecule has 0 saturated heterocycles. The third kappa shape index (κ3) is 2.18. The molecule has 0 atom stereocenters. The molecule has 23 heavy (non-hydrogen) atoms. The summed E-state index contributed by atoms with van der Waals surface area (Å²) in [6.07, 6.45) is 0. The number of fused-ring (bicyclic) bond motifs is 3. The van der Waals surface area contributed by atoms with Crippen molar-refractivity contribution in [2.45, 2.75) is 19.3 Å². The van der Waals surface area contributed by atoms with Gasteiger partial charge >= 0.3 is 0 Å². The molecule has 0 aromatic heterocycles. The Balaban J connectivity index is 2.02. The van der Waals surface area contributed by atoms with Gasteiger partial charge in [-0.3, -0.25) is 0 Å². The monoisotopic (exact) mass is 382 g/mol. The van der Waals surface area contributed by atoms with E-state index in [4.69, 9.17) is 11.6 Å². The van der Waals surface area contributed by atoms with E-state index in [9.17, 15) is 0 Å². The van der Waals surface area contributed by atoms with Gasteiger partial charge in [0.15, 0.2) is 0 Å². The largest absolute Gasteiger partial charge is 0.0830 e. The first-order valence-corrected chi connectivity index (χ1v) is 8.86. The van der Waals surface area contributed by atoms with E-state index < -0.39 is 0 Å². The third-order valence-corrected chi connectivity index (χ3v) is 5.71. The zero-order chi connectivity index (χ0) is 16.2. The van der Waals surface area contributed by atoms with Crippen LogP contribution in [-0.2, 0) is 5.41 Å². The highest BCUT2D eigenvalue weighted by molar-refractivity contribution is 9.10. The first kappa shape index (κ1) is 15.0. The summed E-state index contributed by atoms with van der Waals surface area (Å²) in [5.74, 6) is 0. The van der Waals surface area contributed by atoms with E-state index in [0.717, 1.165) is 20.6 Å². The number of benzene rings is 3. The molecular weight excluding hydrogens is 368 g/mol. The maximum Gasteiger partial charge on any atom is 0.0565 e. The highest BCUT2D eigenvalue weighted by Crippen LogP contribution is 2.53. The molecule has 0 N–H and O–H groups in total. The lowest BCUT2D eigenvalue weighted by Crippen LogP contribution is -2.14. The van der Waals surface area contributed by atoms with Crippen molar-refractivity contribution in [3.8, 4) is 22.3 Å². The third-order valence-electron chi connectivity index (χ3n) is 4.82. The molecule has 4 rings (SSSR count). The van der Waals surface area contributed by atoms with Crippen LogP contribution < -0.4 is 0 Å². The Morgan fingerprint density at radius 2 is 1.61 bits per heavy atom. The van der Waals surface area contributed by atoms with E-state index >= 15 is 0 Å². The topological polar surface area (TPSA) is 0 Å². The van der Waals surface area contributed by atoms with Crippen LogP contribution in [0.1, 0.15) is 25.0 Å². The molecule has 1 aliphatic carbocycles. The maximum absolute atomic E-state index is 6.88. The SMILES string of the molecule is CC1(C)c2ccccc2-c2c1ccc(-c1cccc(Br)c1)c2Cl. The van der Waals surface area contributed by atoms with Crippen molar-refractivity contribution in [3.63, 3.8) is 0 Å². The zero-order valence-corrected chi connectivity index (χ0v) is 15.4. The van der Waals surface area contributed by atoms with Gasteiger partial charge in [-0.05, 0) is 34.4 Å². The van der Waals surface area contributed by atoms with E-state index in [0.29, 0.717) is 0 Å². The molecule has 0 bridgehead atoms. The Morgan fingerprint density at radius 3 is 2.39 bits per heavy atom. The molecular formula is C21H16BrCl. The molecule has 0 unspecified atom stereocenters. The van der Waals surface area contributed by atoms with Crippen LogP contribution in [0.4, 0.5) is 0 Å². The predicted molar refractivity (Wildman–Crippen MR) is 102 cm³/mol. The fraction of sp³-hybridized carbons (Fsp3) is 0.143. The molecule has 0 saturated carbocycles. The number of hydrogen-bond acceptors (Lipinski definition) is 0. The molecule has 0 nitrogen and oxygen atoms in total. The summed E-state index contributed by atoms with van der Waals surface area (Å²) in [4.78, 5) is 0. The van der Waals surface area contributed by atoms with Gasteiger partial charge in [0.2, 0.25) is 0 Å². The van der Waals surface area contributed by atoms with Gasteiger partial charge in [-0.1, -0.05) is 89.9 Å². The van der Waals surface area contributed by atoms with E-state index in [1.807, 2.05) is 12.1 Å². The lowest BCUT2D eigenvalue weighted by Gasteiger charge is -2.21. The molecule has 0 radical (unpaired) electrons. The van der Waals surface area contributed by atoms with Crippen molar-refractivity contribution in [2.24, 2.45) is 0 Å². The lowest BCUT2D eigenvalue weighted by atomic mass is 9.82. The average molecular weight is 384 g/mol. The molecule has 0 heterocycles. The molecule has 0 aliphatic heterocycles. The summed E-state index contributed by atoms with van der Waals surface area (Å²) in [5, 5.41) is 0.846. The Morgan fingerprint density at radius 1 is 0.826 bits per heavy atom. The van der Waals surface area contributed by atoms with Gasteiger partial charge in [0.25, 0.3) is 0 Å². The van der Waals surface area contributed by atoms with Crippen LogP contribution in [-0.4, -0.2) is 0 Å². The van der Waals surface area contributed by atoms with Gasteiger partial charge in [0.05, 0.1) is 5.02 Å². The van der Waals surface area contributed by atoms with E-state index in [2.05, 4.69) is 78.3 Å². The van der Waals surface area contributed by atoms with E-state index in [1.165, 1.54) is 22.3 Å². The summed E-state index contributed by atoms with van der Waals surface area (Å²) in [6, 6.07) is 21.3. The summed E-state index contributed by atoms with van der Waals surface area (Å²) < 4.78 is 1.06. The van der Waals surface area contributed by atoms with Crippen molar-refractivity contribution in [3.05, 3.63) is 81.3 Å². The Hall–Kier alpha value is -1.57. The van der Waals surface area contributed by atoms with Crippen LogP contribution >= 0.6 is 27.5 Å². The molecule has 3 aromatic rings. The van der Waals surface area contributed by atoms with Gasteiger partial charge in [0, 0.05) is 21.0 Å². The molecule has 0 fully saturated rings. The van der Waals surface area contributed by atoms with E-state index in [-0.39, 0.29) is 5.41 Å². The number of hydrogen-bond donors (Lipinski definition) is 0. The summed E-state index contributed by atoms with van der Waals surface area (Å²) in [7, 11) is 0. The highest BCUT2D eigenvalue weighted by Gasteiger charge is 2.36. The van der Waals surface area contributed by atoms with Crippen molar-refractivity contribution in [2.75, 3.05) is 0 Å². The van der Waals surface area contributed by atoms with Gasteiger partial charge < -0.3 is 0 Å². The Kier molecular flexibility index (Phi) is 3.40. The highest BCUT2D eigenvalue weighted by atomic mass is 79.9. The van der Waals surface area contributed by atoms with Crippen LogP contribution in [0.15, 0.2) is 65.1 Å². The van der Waals surface area contributed by atoms with Gasteiger partial charge in [-0.15, -0.1) is 0 Å². The summed E-state index contributed by atoms with van der Waals surface area (Å²) in [6.45, 7) is 4.54. The first-order valence-electron chi connectivity index (χ1n) is 7.69. The second-order valence-electron chi connectivity index (χ2n) is 6.53. The normalized spacial score (nSPS) is 14.4. The molecule has 0 amide bonds. The fourth-order valence-electron chi connectivity index (χ4n) is 3.63. The van der Waals surface area contributed by atoms with Crippen molar-refractivity contribution in [1.29, 1.82) is 0 Å². The molecule has 3 aromatic carbocycles. The fourth-order valence-corrected chi connectivity index (χ4v) is 4.41. The Labute approximate surface area is 150 Å². The average Bonchev–Trinajstić information content (AvgIpc) is 2.77. The van der Waals surface area contributed by atoms with Gasteiger partial charge in [0.1, 0.15) is 0 Å².